The third-order valence-electron chi connectivity index (χ3n) is 7.11. The molecule has 1 aromatic rings. The first-order valence-corrected chi connectivity index (χ1v) is 12.6. The molecule has 31 heavy (non-hydrogen) atoms. The Balaban J connectivity index is 1.58. The molecule has 4 rings (SSSR count). The molecule has 1 aromatic carbocycles. The van der Waals surface area contributed by atoms with E-state index in [2.05, 4.69) is 18.3 Å². The molecule has 3 aliphatic rings. The van der Waals surface area contributed by atoms with Gasteiger partial charge < -0.3 is 10.2 Å². The molecule has 0 aromatic heterocycles. The maximum absolute atomic E-state index is 13.4. The Labute approximate surface area is 183 Å². The highest BCUT2D eigenvalue weighted by molar-refractivity contribution is 7.92. The van der Waals surface area contributed by atoms with Crippen LogP contribution in [0.25, 0.3) is 0 Å². The van der Waals surface area contributed by atoms with E-state index >= 15 is 0 Å². The number of carbonyl (C=O) groups excluding carboxylic acids is 2. The summed E-state index contributed by atoms with van der Waals surface area (Å²) in [4.78, 5) is 28.5. The second-order valence-electron chi connectivity index (χ2n) is 9.36. The zero-order valence-corrected chi connectivity index (χ0v) is 18.6. The van der Waals surface area contributed by atoms with Crippen LogP contribution < -0.4 is 5.32 Å². The van der Waals surface area contributed by atoms with Gasteiger partial charge in [-0.05, 0) is 56.6 Å². The number of carbonyl (C=O) groups is 2. The van der Waals surface area contributed by atoms with E-state index in [1.54, 1.807) is 35.2 Å². The molecule has 1 N–H and O–H groups in total. The van der Waals surface area contributed by atoms with Gasteiger partial charge in [-0.2, -0.15) is 5.26 Å². The van der Waals surface area contributed by atoms with Crippen LogP contribution >= 0.6 is 0 Å². The molecule has 3 fully saturated rings. The van der Waals surface area contributed by atoms with Crippen molar-refractivity contribution >= 4 is 21.7 Å². The SMILES string of the molecule is CC1CCN(C(=O)C2C[C@H](S(=O)(=O)c3ccccc3)C[C@H]2C(=O)NC2(C#N)CC2)CC1. The second kappa shape index (κ2) is 8.27. The molecule has 0 radical (unpaired) electrons. The van der Waals surface area contributed by atoms with Crippen molar-refractivity contribution in [3.05, 3.63) is 30.3 Å². The van der Waals surface area contributed by atoms with E-state index < -0.39 is 32.5 Å². The highest BCUT2D eigenvalue weighted by atomic mass is 32.2. The number of hydrogen-bond donors (Lipinski definition) is 1. The van der Waals surface area contributed by atoms with Crippen molar-refractivity contribution in [3.63, 3.8) is 0 Å². The summed E-state index contributed by atoms with van der Waals surface area (Å²) in [6, 6.07) is 10.4. The maximum atomic E-state index is 13.4. The molecule has 1 heterocycles. The molecule has 1 unspecified atom stereocenters. The fraction of sp³-hybridized carbons (Fsp3) is 0.609. The highest BCUT2D eigenvalue weighted by Crippen LogP contribution is 2.42. The lowest BCUT2D eigenvalue weighted by Crippen LogP contribution is -2.46. The second-order valence-corrected chi connectivity index (χ2v) is 11.6. The quantitative estimate of drug-likeness (QED) is 0.751. The van der Waals surface area contributed by atoms with Crippen LogP contribution in [-0.4, -0.2) is 49.0 Å². The van der Waals surface area contributed by atoms with Gasteiger partial charge in [0.2, 0.25) is 11.8 Å². The maximum Gasteiger partial charge on any atom is 0.226 e. The number of hydrogen-bond acceptors (Lipinski definition) is 5. The number of rotatable bonds is 5. The lowest BCUT2D eigenvalue weighted by atomic mass is 9.91. The molecule has 1 saturated heterocycles. The lowest BCUT2D eigenvalue weighted by molar-refractivity contribution is -0.142. The fourth-order valence-corrected chi connectivity index (χ4v) is 6.63. The van der Waals surface area contributed by atoms with Crippen molar-refractivity contribution in [3.8, 4) is 6.07 Å². The molecule has 2 amide bonds. The summed E-state index contributed by atoms with van der Waals surface area (Å²) in [5.41, 5.74) is -0.846. The Kier molecular flexibility index (Phi) is 5.82. The van der Waals surface area contributed by atoms with E-state index in [1.807, 2.05) is 0 Å². The Morgan fingerprint density at radius 3 is 2.29 bits per heavy atom. The van der Waals surface area contributed by atoms with Crippen LogP contribution in [0.15, 0.2) is 35.2 Å². The number of nitrogens with one attached hydrogen (secondary N) is 1. The number of piperidine rings is 1. The van der Waals surface area contributed by atoms with Gasteiger partial charge in [0, 0.05) is 13.1 Å². The minimum Gasteiger partial charge on any atom is -0.342 e. The Bertz CT molecular complexity index is 989. The van der Waals surface area contributed by atoms with Crippen molar-refractivity contribution in [1.82, 2.24) is 10.2 Å². The van der Waals surface area contributed by atoms with Gasteiger partial charge in [0.05, 0.1) is 28.1 Å². The standard InChI is InChI=1S/C23H29N3O4S/c1-16-7-11-26(12-8-16)22(28)20-14-18(31(29,30)17-5-3-2-4-6-17)13-19(20)21(27)25-23(15-24)9-10-23/h2-6,16,18-20H,7-14H2,1H3,(H,25,27)/t18-,19-,20?/m1/s1. The molecule has 3 atom stereocenters. The van der Waals surface area contributed by atoms with Gasteiger partial charge in [-0.3, -0.25) is 9.59 Å². The third-order valence-corrected chi connectivity index (χ3v) is 9.30. The Morgan fingerprint density at radius 1 is 1.10 bits per heavy atom. The molecular weight excluding hydrogens is 414 g/mol. The van der Waals surface area contributed by atoms with Gasteiger partial charge in [0.1, 0.15) is 5.54 Å². The monoisotopic (exact) mass is 443 g/mol. The normalized spacial score (nSPS) is 28.0. The predicted molar refractivity (Wildman–Crippen MR) is 114 cm³/mol. The van der Waals surface area contributed by atoms with Crippen LogP contribution in [0.4, 0.5) is 0 Å². The average molecular weight is 444 g/mol. The predicted octanol–water partition coefficient (Wildman–Crippen LogP) is 2.29. The summed E-state index contributed by atoms with van der Waals surface area (Å²) < 4.78 is 26.5. The summed E-state index contributed by atoms with van der Waals surface area (Å²) in [6.07, 6.45) is 3.26. The number of nitriles is 1. The number of amides is 2. The van der Waals surface area contributed by atoms with E-state index in [0.29, 0.717) is 31.8 Å². The minimum atomic E-state index is -3.66. The van der Waals surface area contributed by atoms with Gasteiger partial charge in [-0.15, -0.1) is 0 Å². The van der Waals surface area contributed by atoms with Crippen molar-refractivity contribution in [2.24, 2.45) is 17.8 Å². The zero-order chi connectivity index (χ0) is 22.2. The number of likely N-dealkylation sites (tertiary alicyclic amines) is 1. The van der Waals surface area contributed by atoms with E-state index in [9.17, 15) is 23.3 Å². The Morgan fingerprint density at radius 2 is 1.71 bits per heavy atom. The minimum absolute atomic E-state index is 0.102. The van der Waals surface area contributed by atoms with Gasteiger partial charge in [0.25, 0.3) is 0 Å². The first-order valence-electron chi connectivity index (χ1n) is 11.1. The molecule has 1 aliphatic heterocycles. The summed E-state index contributed by atoms with van der Waals surface area (Å²) in [5.74, 6) is -1.34. The van der Waals surface area contributed by atoms with Crippen LogP contribution in [0.5, 0.6) is 0 Å². The Hall–Kier alpha value is -2.40. The molecule has 8 heteroatoms. The smallest absolute Gasteiger partial charge is 0.226 e. The topological polar surface area (TPSA) is 107 Å². The summed E-state index contributed by atoms with van der Waals surface area (Å²) in [7, 11) is -3.66. The number of nitrogens with zero attached hydrogens (tertiary/aromatic N) is 2. The van der Waals surface area contributed by atoms with Crippen molar-refractivity contribution in [2.75, 3.05) is 13.1 Å². The molecule has 2 aliphatic carbocycles. The summed E-state index contributed by atoms with van der Waals surface area (Å²) in [5, 5.41) is 11.4. The van der Waals surface area contributed by atoms with Crippen molar-refractivity contribution < 1.29 is 18.0 Å². The van der Waals surface area contributed by atoms with Gasteiger partial charge in [-0.1, -0.05) is 25.1 Å². The van der Waals surface area contributed by atoms with E-state index in [-0.39, 0.29) is 29.6 Å². The van der Waals surface area contributed by atoms with Gasteiger partial charge in [0.15, 0.2) is 9.84 Å². The van der Waals surface area contributed by atoms with E-state index in [0.717, 1.165) is 12.8 Å². The van der Waals surface area contributed by atoms with Crippen LogP contribution in [0.1, 0.15) is 45.4 Å². The zero-order valence-electron chi connectivity index (χ0n) is 17.8. The van der Waals surface area contributed by atoms with Gasteiger partial charge in [-0.25, -0.2) is 8.42 Å². The molecule has 166 valence electrons. The molecule has 7 nitrogen and oxygen atoms in total. The average Bonchev–Trinajstić information content (AvgIpc) is 3.39. The van der Waals surface area contributed by atoms with Crippen molar-refractivity contribution in [2.45, 2.75) is 61.1 Å². The third kappa shape index (κ3) is 4.33. The van der Waals surface area contributed by atoms with Crippen LogP contribution in [-0.2, 0) is 19.4 Å². The molecular formula is C23H29N3O4S. The lowest BCUT2D eigenvalue weighted by Gasteiger charge is -2.33. The molecule has 2 saturated carbocycles. The first-order chi connectivity index (χ1) is 14.8. The number of benzene rings is 1. The molecule has 0 bridgehead atoms. The van der Waals surface area contributed by atoms with Gasteiger partial charge >= 0.3 is 0 Å². The van der Waals surface area contributed by atoms with E-state index in [1.165, 1.54) is 0 Å². The highest BCUT2D eigenvalue weighted by Gasteiger charge is 2.52. The van der Waals surface area contributed by atoms with Crippen molar-refractivity contribution in [1.29, 1.82) is 5.26 Å². The largest absolute Gasteiger partial charge is 0.342 e. The van der Waals surface area contributed by atoms with Crippen LogP contribution in [0, 0.1) is 29.1 Å². The summed E-state index contributed by atoms with van der Waals surface area (Å²) in [6.45, 7) is 3.44. The van der Waals surface area contributed by atoms with E-state index in [4.69, 9.17) is 0 Å². The molecule has 0 spiro atoms. The van der Waals surface area contributed by atoms with Crippen LogP contribution in [0.2, 0.25) is 0 Å². The summed E-state index contributed by atoms with van der Waals surface area (Å²) >= 11 is 0. The number of sulfone groups is 1. The van der Waals surface area contributed by atoms with Crippen LogP contribution in [0.3, 0.4) is 0 Å². The fourth-order valence-electron chi connectivity index (χ4n) is 4.79. The first kappa shape index (κ1) is 21.8.